The zero-order chi connectivity index (χ0) is 19.5. The monoisotopic (exact) mass is 381 g/mol. The van der Waals surface area contributed by atoms with Gasteiger partial charge in [0.05, 0.1) is 10.9 Å². The molecule has 0 saturated carbocycles. The minimum absolute atomic E-state index is 0.138. The predicted octanol–water partition coefficient (Wildman–Crippen LogP) is 1.52. The number of hydrogen-bond donors (Lipinski definition) is 1. The van der Waals surface area contributed by atoms with Crippen molar-refractivity contribution in [3.63, 3.8) is 0 Å². The molecule has 7 nitrogen and oxygen atoms in total. The molecule has 2 atom stereocenters. The molecule has 0 bridgehead atoms. The van der Waals surface area contributed by atoms with Crippen LogP contribution in [0.15, 0.2) is 29.2 Å². The van der Waals surface area contributed by atoms with Gasteiger partial charge in [-0.3, -0.25) is 9.59 Å². The number of benzene rings is 1. The fourth-order valence-electron chi connectivity index (χ4n) is 3.14. The molecule has 2 rings (SSSR count). The van der Waals surface area contributed by atoms with Crippen molar-refractivity contribution >= 4 is 21.8 Å². The molecule has 144 valence electrons. The molecular formula is C18H27N3O4S. The maximum atomic E-state index is 12.4. The van der Waals surface area contributed by atoms with Gasteiger partial charge in [0.2, 0.25) is 10.0 Å². The predicted molar refractivity (Wildman–Crippen MR) is 98.9 cm³/mol. The molecule has 1 aromatic carbocycles. The second-order valence-electron chi connectivity index (χ2n) is 6.75. The van der Waals surface area contributed by atoms with Crippen LogP contribution < -0.4 is 5.32 Å². The minimum Gasteiger partial charge on any atom is -0.341 e. The van der Waals surface area contributed by atoms with Gasteiger partial charge in [-0.15, -0.1) is 0 Å². The number of hydrogen-bond acceptors (Lipinski definition) is 4. The molecule has 1 aromatic rings. The van der Waals surface area contributed by atoms with Gasteiger partial charge in [0.15, 0.2) is 0 Å². The van der Waals surface area contributed by atoms with E-state index in [9.17, 15) is 18.0 Å². The van der Waals surface area contributed by atoms with Crippen LogP contribution >= 0.6 is 0 Å². The number of carbonyl (C=O) groups is 2. The second-order valence-corrected chi connectivity index (χ2v) is 8.91. The molecule has 26 heavy (non-hydrogen) atoms. The lowest BCUT2D eigenvalue weighted by Crippen LogP contribution is -2.45. The molecule has 0 radical (unpaired) electrons. The highest BCUT2D eigenvalue weighted by molar-refractivity contribution is 7.89. The van der Waals surface area contributed by atoms with Gasteiger partial charge in [-0.2, -0.15) is 0 Å². The summed E-state index contributed by atoms with van der Waals surface area (Å²) in [5.41, 5.74) is 0.734. The van der Waals surface area contributed by atoms with Crippen LogP contribution in [0.1, 0.15) is 44.7 Å². The van der Waals surface area contributed by atoms with Crippen LogP contribution in [0, 0.1) is 0 Å². The second kappa shape index (κ2) is 8.18. The van der Waals surface area contributed by atoms with E-state index < -0.39 is 27.9 Å². The summed E-state index contributed by atoms with van der Waals surface area (Å²) in [6.45, 7) is 4.40. The van der Waals surface area contributed by atoms with Crippen molar-refractivity contribution in [1.29, 1.82) is 0 Å². The number of amides is 2. The Balaban J connectivity index is 2.04. The van der Waals surface area contributed by atoms with E-state index in [4.69, 9.17) is 0 Å². The molecule has 1 N–H and O–H groups in total. The van der Waals surface area contributed by atoms with E-state index in [1.165, 1.54) is 26.2 Å². The van der Waals surface area contributed by atoms with Crippen molar-refractivity contribution < 1.29 is 18.0 Å². The fourth-order valence-corrected chi connectivity index (χ4v) is 4.04. The largest absolute Gasteiger partial charge is 0.341 e. The number of rotatable bonds is 5. The summed E-state index contributed by atoms with van der Waals surface area (Å²) in [6.07, 6.45) is 2.71. The number of carbonyl (C=O) groups excluding carboxylic acids is 2. The van der Waals surface area contributed by atoms with Crippen LogP contribution in [0.4, 0.5) is 0 Å². The summed E-state index contributed by atoms with van der Waals surface area (Å²) in [5.74, 6) is -1.11. The summed E-state index contributed by atoms with van der Waals surface area (Å²) in [7, 11) is -0.547. The summed E-state index contributed by atoms with van der Waals surface area (Å²) < 4.78 is 25.3. The van der Waals surface area contributed by atoms with Crippen molar-refractivity contribution in [2.24, 2.45) is 0 Å². The fraction of sp³-hybridized carbons (Fsp3) is 0.556. The Hall–Kier alpha value is -1.93. The molecule has 0 aliphatic carbocycles. The Morgan fingerprint density at radius 2 is 1.88 bits per heavy atom. The van der Waals surface area contributed by atoms with Gasteiger partial charge in [0.1, 0.15) is 0 Å². The van der Waals surface area contributed by atoms with Gasteiger partial charge >= 0.3 is 11.8 Å². The lowest BCUT2D eigenvalue weighted by atomic mass is 10.1. The first-order valence-electron chi connectivity index (χ1n) is 8.82. The summed E-state index contributed by atoms with van der Waals surface area (Å²) in [6, 6.07) is 6.04. The zero-order valence-electron chi connectivity index (χ0n) is 15.7. The molecule has 1 saturated heterocycles. The minimum atomic E-state index is -3.49. The quantitative estimate of drug-likeness (QED) is 0.784. The van der Waals surface area contributed by atoms with E-state index in [0.717, 1.165) is 29.1 Å². The maximum absolute atomic E-state index is 12.4. The van der Waals surface area contributed by atoms with Crippen LogP contribution in [0.3, 0.4) is 0 Å². The van der Waals surface area contributed by atoms with Gasteiger partial charge in [0.25, 0.3) is 0 Å². The highest BCUT2D eigenvalue weighted by atomic mass is 32.2. The van der Waals surface area contributed by atoms with E-state index in [2.05, 4.69) is 5.32 Å². The van der Waals surface area contributed by atoms with E-state index >= 15 is 0 Å². The van der Waals surface area contributed by atoms with Crippen LogP contribution in [-0.4, -0.2) is 56.1 Å². The van der Waals surface area contributed by atoms with E-state index in [-0.39, 0.29) is 10.9 Å². The van der Waals surface area contributed by atoms with Crippen molar-refractivity contribution in [2.75, 3.05) is 20.6 Å². The van der Waals surface area contributed by atoms with Gasteiger partial charge in [0, 0.05) is 26.7 Å². The van der Waals surface area contributed by atoms with E-state index in [1.807, 2.05) is 6.92 Å². The number of likely N-dealkylation sites (tertiary alicyclic amines) is 1. The Labute approximate surface area is 155 Å². The van der Waals surface area contributed by atoms with Crippen LogP contribution in [0.5, 0.6) is 0 Å². The molecule has 2 amide bonds. The molecular weight excluding hydrogens is 354 g/mol. The van der Waals surface area contributed by atoms with Crippen molar-refractivity contribution in [3.8, 4) is 0 Å². The van der Waals surface area contributed by atoms with Gasteiger partial charge in [-0.25, -0.2) is 12.7 Å². The van der Waals surface area contributed by atoms with Gasteiger partial charge in [-0.05, 0) is 43.9 Å². The summed E-state index contributed by atoms with van der Waals surface area (Å²) >= 11 is 0. The molecule has 0 aromatic heterocycles. The third-order valence-electron chi connectivity index (χ3n) is 4.81. The molecule has 1 aliphatic heterocycles. The van der Waals surface area contributed by atoms with Gasteiger partial charge in [-0.1, -0.05) is 19.1 Å². The molecule has 0 spiro atoms. The normalized spacial score (nSPS) is 18.8. The Morgan fingerprint density at radius 3 is 2.42 bits per heavy atom. The Morgan fingerprint density at radius 1 is 1.27 bits per heavy atom. The Bertz CT molecular complexity index is 759. The lowest BCUT2D eigenvalue weighted by Gasteiger charge is -2.24. The van der Waals surface area contributed by atoms with E-state index in [1.54, 1.807) is 24.0 Å². The van der Waals surface area contributed by atoms with Gasteiger partial charge < -0.3 is 10.2 Å². The lowest BCUT2D eigenvalue weighted by molar-refractivity contribution is -0.146. The smallest absolute Gasteiger partial charge is 0.312 e. The molecule has 8 heteroatoms. The third-order valence-corrected chi connectivity index (χ3v) is 6.64. The van der Waals surface area contributed by atoms with Crippen LogP contribution in [0.2, 0.25) is 0 Å². The zero-order valence-corrected chi connectivity index (χ0v) is 16.5. The molecule has 1 fully saturated rings. The number of sulfonamides is 1. The van der Waals surface area contributed by atoms with Crippen molar-refractivity contribution in [3.05, 3.63) is 29.8 Å². The molecule has 0 unspecified atom stereocenters. The molecule has 1 aliphatic rings. The van der Waals surface area contributed by atoms with Crippen molar-refractivity contribution in [2.45, 2.75) is 50.1 Å². The summed E-state index contributed by atoms with van der Waals surface area (Å²) in [4.78, 5) is 26.5. The molecule has 1 heterocycles. The number of nitrogens with one attached hydrogen (secondary N) is 1. The standard InChI is InChI=1S/C18H27N3O4S/c1-5-15-7-6-12-21(15)18(23)17(22)19-13(2)14-8-10-16(11-9-14)26(24,25)20(3)4/h8-11,13,15H,5-7,12H2,1-4H3,(H,19,22)/t13-,15-/m0/s1. The van der Waals surface area contributed by atoms with E-state index in [0.29, 0.717) is 6.54 Å². The average Bonchev–Trinajstić information content (AvgIpc) is 3.09. The highest BCUT2D eigenvalue weighted by Gasteiger charge is 2.31. The maximum Gasteiger partial charge on any atom is 0.312 e. The first-order valence-corrected chi connectivity index (χ1v) is 10.3. The first kappa shape index (κ1) is 20.4. The summed E-state index contributed by atoms with van der Waals surface area (Å²) in [5, 5.41) is 2.71. The van der Waals surface area contributed by atoms with Crippen molar-refractivity contribution in [1.82, 2.24) is 14.5 Å². The number of nitrogens with zero attached hydrogens (tertiary/aromatic N) is 2. The average molecular weight is 381 g/mol. The topological polar surface area (TPSA) is 86.8 Å². The first-order chi connectivity index (χ1) is 12.2. The Kier molecular flexibility index (Phi) is 6.41. The SMILES string of the molecule is CC[C@H]1CCCN1C(=O)C(=O)N[C@@H](C)c1ccc(S(=O)(=O)N(C)C)cc1. The van der Waals surface area contributed by atoms with Crippen LogP contribution in [-0.2, 0) is 19.6 Å². The van der Waals surface area contributed by atoms with Crippen LogP contribution in [0.25, 0.3) is 0 Å². The third kappa shape index (κ3) is 4.24. The highest BCUT2D eigenvalue weighted by Crippen LogP contribution is 2.21.